The quantitative estimate of drug-likeness (QED) is 0.304. The molecule has 0 spiro atoms. The van der Waals surface area contributed by atoms with Gasteiger partial charge in [-0.1, -0.05) is 18.6 Å². The van der Waals surface area contributed by atoms with E-state index in [0.29, 0.717) is 0 Å². The molecule has 4 heterocycles. The van der Waals surface area contributed by atoms with Crippen molar-refractivity contribution in [3.05, 3.63) is 18.1 Å². The summed E-state index contributed by atoms with van der Waals surface area (Å²) < 4.78 is 0. The van der Waals surface area contributed by atoms with Gasteiger partial charge in [0, 0.05) is 60.3 Å². The van der Waals surface area contributed by atoms with Crippen LogP contribution < -0.4 is 0 Å². The maximum absolute atomic E-state index is 2.40. The fourth-order valence-corrected chi connectivity index (χ4v) is 3.80. The van der Waals surface area contributed by atoms with E-state index in [2.05, 4.69) is 86.1 Å². The summed E-state index contributed by atoms with van der Waals surface area (Å²) in [6.07, 6.45) is 11.3. The molecule has 4 aliphatic heterocycles. The molecule has 5 nitrogen and oxygen atoms in total. The van der Waals surface area contributed by atoms with Gasteiger partial charge in [-0.25, -0.2) is 0 Å². The van der Waals surface area contributed by atoms with E-state index in [0.717, 1.165) is 12.5 Å². The molecule has 6 heteroatoms. The Bertz CT molecular complexity index is 411. The van der Waals surface area contributed by atoms with E-state index in [1.54, 1.807) is 5.57 Å². The van der Waals surface area contributed by atoms with Crippen LogP contribution in [-0.2, 0) is 21.1 Å². The van der Waals surface area contributed by atoms with Crippen molar-refractivity contribution >= 4 is 0 Å². The van der Waals surface area contributed by atoms with Crippen LogP contribution in [-0.4, -0.2) is 125 Å². The van der Waals surface area contributed by atoms with Crippen molar-refractivity contribution in [1.82, 2.24) is 24.5 Å². The van der Waals surface area contributed by atoms with E-state index >= 15 is 0 Å². The van der Waals surface area contributed by atoms with E-state index in [-0.39, 0.29) is 21.1 Å². The first-order valence-electron chi connectivity index (χ1n) is 12.7. The van der Waals surface area contributed by atoms with E-state index in [1.807, 2.05) is 0 Å². The maximum atomic E-state index is 2.40. The molecule has 0 unspecified atom stereocenters. The summed E-state index contributed by atoms with van der Waals surface area (Å²) in [7, 11) is 10.9. The predicted molar refractivity (Wildman–Crippen MR) is 138 cm³/mol. The molecule has 0 aromatic carbocycles. The SMILES string of the molecule is CC1=CCN(C)CC1.CC1CCN(C)CC1.CN1CCN(C)CC1.CN1CC[CH-]CC1.[W]. The van der Waals surface area contributed by atoms with E-state index in [1.165, 1.54) is 91.0 Å². The summed E-state index contributed by atoms with van der Waals surface area (Å²) in [5.74, 6) is 0.978. The summed E-state index contributed by atoms with van der Waals surface area (Å²) in [4.78, 5) is 11.8. The molecule has 0 radical (unpaired) electrons. The Kier molecular flexibility index (Phi) is 19.7. The van der Waals surface area contributed by atoms with E-state index in [4.69, 9.17) is 0 Å². The van der Waals surface area contributed by atoms with Crippen LogP contribution >= 0.6 is 0 Å². The largest absolute Gasteiger partial charge is 0.326 e. The number of nitrogens with zero attached hydrogens (tertiary/aromatic N) is 5. The molecule has 190 valence electrons. The second-order valence-electron chi connectivity index (χ2n) is 10.3. The van der Waals surface area contributed by atoms with Gasteiger partial charge in [0.15, 0.2) is 0 Å². The van der Waals surface area contributed by atoms with Gasteiger partial charge in [-0.05, 0) is 93.5 Å². The van der Waals surface area contributed by atoms with Gasteiger partial charge < -0.3 is 30.9 Å². The molecule has 3 fully saturated rings. The molecule has 0 aliphatic carbocycles. The third-order valence-corrected chi connectivity index (χ3v) is 6.80. The third kappa shape index (κ3) is 17.7. The normalized spacial score (nSPS) is 24.4. The first kappa shape index (κ1) is 32.2. The Morgan fingerprint density at radius 1 is 0.656 bits per heavy atom. The van der Waals surface area contributed by atoms with Crippen LogP contribution in [0, 0.1) is 12.3 Å². The topological polar surface area (TPSA) is 16.2 Å². The minimum absolute atomic E-state index is 0. The van der Waals surface area contributed by atoms with E-state index < -0.39 is 0 Å². The summed E-state index contributed by atoms with van der Waals surface area (Å²) in [5.41, 5.74) is 1.54. The number of likely N-dealkylation sites (N-methyl/N-ethyl adjacent to an activating group) is 3. The van der Waals surface area contributed by atoms with Crippen LogP contribution in [0.5, 0.6) is 0 Å². The minimum Gasteiger partial charge on any atom is -0.326 e. The van der Waals surface area contributed by atoms with Crippen molar-refractivity contribution in [3.8, 4) is 0 Å². The minimum atomic E-state index is 0. The third-order valence-electron chi connectivity index (χ3n) is 6.80. The molecule has 0 amide bonds. The Morgan fingerprint density at radius 2 is 1.09 bits per heavy atom. The van der Waals surface area contributed by atoms with Gasteiger partial charge >= 0.3 is 0 Å². The second-order valence-corrected chi connectivity index (χ2v) is 10.3. The number of rotatable bonds is 0. The zero-order valence-corrected chi connectivity index (χ0v) is 25.4. The average molecular weight is 621 g/mol. The van der Waals surface area contributed by atoms with Crippen molar-refractivity contribution in [2.75, 3.05) is 101 Å². The zero-order chi connectivity index (χ0) is 23.1. The molecule has 0 saturated carbocycles. The molecular weight excluding hydrogens is 566 g/mol. The predicted octanol–water partition coefficient (Wildman–Crippen LogP) is 3.39. The molecule has 3 saturated heterocycles. The van der Waals surface area contributed by atoms with E-state index in [9.17, 15) is 0 Å². The molecule has 4 aliphatic rings. The molecule has 0 atom stereocenters. The van der Waals surface area contributed by atoms with Crippen LogP contribution in [0.1, 0.15) is 46.0 Å². The molecule has 32 heavy (non-hydrogen) atoms. The number of likely N-dealkylation sites (tertiary alicyclic amines) is 2. The molecule has 0 aromatic rings. The average Bonchev–Trinajstić information content (AvgIpc) is 2.76. The Hall–Kier alpha value is 0.228. The second kappa shape index (κ2) is 19.5. The molecule has 4 rings (SSSR count). The van der Waals surface area contributed by atoms with Crippen molar-refractivity contribution < 1.29 is 21.1 Å². The van der Waals surface area contributed by atoms with Gasteiger partial charge in [0.25, 0.3) is 0 Å². The Morgan fingerprint density at radius 3 is 1.41 bits per heavy atom. The number of piperidine rings is 2. The van der Waals surface area contributed by atoms with Crippen LogP contribution in [0.2, 0.25) is 0 Å². The summed E-state index contributed by atoms with van der Waals surface area (Å²) >= 11 is 0. The maximum Gasteiger partial charge on any atom is 0.0162 e. The zero-order valence-electron chi connectivity index (χ0n) is 22.5. The van der Waals surface area contributed by atoms with Gasteiger partial charge in [-0.2, -0.15) is 12.8 Å². The Labute approximate surface area is 215 Å². The van der Waals surface area contributed by atoms with Crippen LogP contribution in [0.25, 0.3) is 0 Å². The standard InChI is InChI=1S/C7H15N.C7H13N.C6H14N2.C6H12N.W/c3*1-7-3-5-8(2)6-4-7;1-7-5-3-2-4-6-7;/h7H,3-6H2,1-2H3;3H,4-6H2,1-2H3;3-6H2,1-2H3;2H,3-6H2,1H3;/q;;;-1;. The van der Waals surface area contributed by atoms with Crippen LogP contribution in [0.3, 0.4) is 0 Å². The Balaban J connectivity index is 0.000000397. The van der Waals surface area contributed by atoms with Crippen LogP contribution in [0.4, 0.5) is 0 Å². The summed E-state index contributed by atoms with van der Waals surface area (Å²) in [6.45, 7) is 17.0. The molecule has 0 N–H and O–H groups in total. The summed E-state index contributed by atoms with van der Waals surface area (Å²) in [6, 6.07) is 0. The number of hydrogen-bond donors (Lipinski definition) is 0. The van der Waals surface area contributed by atoms with Gasteiger partial charge in [-0.15, -0.1) is 0 Å². The van der Waals surface area contributed by atoms with Gasteiger partial charge in [0.2, 0.25) is 0 Å². The van der Waals surface area contributed by atoms with Crippen molar-refractivity contribution in [1.29, 1.82) is 0 Å². The monoisotopic (exact) mass is 620 g/mol. The van der Waals surface area contributed by atoms with Gasteiger partial charge in [0.05, 0.1) is 0 Å². The van der Waals surface area contributed by atoms with Gasteiger partial charge in [0.1, 0.15) is 0 Å². The molecule has 0 aromatic heterocycles. The first-order valence-corrected chi connectivity index (χ1v) is 12.7. The first-order chi connectivity index (χ1) is 14.8. The van der Waals surface area contributed by atoms with Crippen LogP contribution in [0.15, 0.2) is 11.6 Å². The summed E-state index contributed by atoms with van der Waals surface area (Å²) in [5, 5.41) is 0. The smallest absolute Gasteiger partial charge is 0.0162 e. The molecule has 0 bridgehead atoms. The number of piperazine rings is 1. The molecular formula is C26H54N5W-. The van der Waals surface area contributed by atoms with Gasteiger partial charge in [-0.3, -0.25) is 0 Å². The van der Waals surface area contributed by atoms with Crippen molar-refractivity contribution in [3.63, 3.8) is 0 Å². The van der Waals surface area contributed by atoms with Crippen molar-refractivity contribution in [2.24, 2.45) is 5.92 Å². The fraction of sp³-hybridized carbons (Fsp3) is 0.885. The van der Waals surface area contributed by atoms with Crippen molar-refractivity contribution in [2.45, 2.75) is 46.0 Å². The fourth-order valence-electron chi connectivity index (χ4n) is 3.80. The number of hydrogen-bond acceptors (Lipinski definition) is 5.